The molecule has 0 atom stereocenters. The third kappa shape index (κ3) is 2.14. The summed E-state index contributed by atoms with van der Waals surface area (Å²) in [7, 11) is -5.41. The van der Waals surface area contributed by atoms with E-state index in [1.807, 2.05) is 0 Å². The molecule has 0 saturated heterocycles. The Balaban J connectivity index is 3.34. The smallest absolute Gasteiger partial charge is 0.214 e. The van der Waals surface area contributed by atoms with Crippen molar-refractivity contribution in [1.82, 2.24) is 0 Å². The molecule has 8 heteroatoms. The average molecular weight is 239 g/mol. The predicted molar refractivity (Wildman–Crippen MR) is 45.1 cm³/mol. The molecule has 0 radical (unpaired) electrons. The molecule has 15 heavy (non-hydrogen) atoms. The summed E-state index contributed by atoms with van der Waals surface area (Å²) < 4.78 is 57.9. The van der Waals surface area contributed by atoms with Gasteiger partial charge in [-0.15, -0.1) is 4.91 Å². The summed E-state index contributed by atoms with van der Waals surface area (Å²) in [5.41, 5.74) is -5.76. The maximum Gasteiger partial charge on any atom is 0.501 e. The summed E-state index contributed by atoms with van der Waals surface area (Å²) >= 11 is 0. The van der Waals surface area contributed by atoms with Gasteiger partial charge in [0.25, 0.3) is 9.84 Å². The summed E-state index contributed by atoms with van der Waals surface area (Å²) in [4.78, 5) is 9.02. The molecule has 0 aliphatic heterocycles. The van der Waals surface area contributed by atoms with Crippen LogP contribution >= 0.6 is 0 Å². The first-order valence-corrected chi connectivity index (χ1v) is 5.02. The van der Waals surface area contributed by atoms with Gasteiger partial charge in [0.05, 0.1) is 4.90 Å². The second-order valence-electron chi connectivity index (χ2n) is 2.54. The zero-order chi connectivity index (χ0) is 11.7. The Morgan fingerprint density at radius 2 is 1.80 bits per heavy atom. The molecular formula is C7H4F3NO3S. The van der Waals surface area contributed by atoms with Crippen molar-refractivity contribution in [2.24, 2.45) is 5.18 Å². The molecule has 0 saturated carbocycles. The lowest BCUT2D eigenvalue weighted by Gasteiger charge is -2.07. The van der Waals surface area contributed by atoms with E-state index in [2.05, 4.69) is 5.18 Å². The Morgan fingerprint density at radius 1 is 1.20 bits per heavy atom. The third-order valence-electron chi connectivity index (χ3n) is 1.54. The highest BCUT2D eigenvalue weighted by atomic mass is 32.2. The van der Waals surface area contributed by atoms with Crippen molar-refractivity contribution in [2.45, 2.75) is 10.4 Å². The molecule has 1 aromatic rings. The lowest BCUT2D eigenvalue weighted by atomic mass is 10.3. The molecule has 0 aliphatic rings. The molecule has 82 valence electrons. The molecule has 4 nitrogen and oxygen atoms in total. The Morgan fingerprint density at radius 3 is 2.27 bits per heavy atom. The number of nitroso groups, excluding NO2 is 1. The van der Waals surface area contributed by atoms with Crippen LogP contribution in [-0.2, 0) is 9.84 Å². The summed E-state index contributed by atoms with van der Waals surface area (Å²) in [6.07, 6.45) is 0. The van der Waals surface area contributed by atoms with Crippen LogP contribution in [-0.4, -0.2) is 13.9 Å². The van der Waals surface area contributed by atoms with Crippen LogP contribution in [0, 0.1) is 4.91 Å². The van der Waals surface area contributed by atoms with Crippen molar-refractivity contribution >= 4 is 15.5 Å². The Labute approximate surface area is 82.6 Å². The van der Waals surface area contributed by atoms with Crippen molar-refractivity contribution in [2.75, 3.05) is 0 Å². The van der Waals surface area contributed by atoms with E-state index in [9.17, 15) is 26.5 Å². The minimum atomic E-state index is -5.41. The topological polar surface area (TPSA) is 63.6 Å². The standard InChI is InChI=1S/C7H4F3NO3S/c8-7(9,10)15(13,14)6-3-1-2-5(4-6)11-12/h1-4H. The van der Waals surface area contributed by atoms with Crippen molar-refractivity contribution in [3.05, 3.63) is 29.2 Å². The molecule has 0 unspecified atom stereocenters. The first kappa shape index (κ1) is 11.6. The highest BCUT2D eigenvalue weighted by Gasteiger charge is 2.46. The lowest BCUT2D eigenvalue weighted by Crippen LogP contribution is -2.23. The van der Waals surface area contributed by atoms with Gasteiger partial charge in [-0.05, 0) is 23.4 Å². The van der Waals surface area contributed by atoms with Gasteiger partial charge in [-0.1, -0.05) is 6.07 Å². The van der Waals surface area contributed by atoms with E-state index >= 15 is 0 Å². The SMILES string of the molecule is O=Nc1cccc(S(=O)(=O)C(F)(F)F)c1. The first-order chi connectivity index (χ1) is 6.79. The van der Waals surface area contributed by atoms with Crippen LogP contribution in [0.5, 0.6) is 0 Å². The Hall–Kier alpha value is -1.44. The van der Waals surface area contributed by atoms with Crippen molar-refractivity contribution in [1.29, 1.82) is 0 Å². The second kappa shape index (κ2) is 3.61. The zero-order valence-corrected chi connectivity index (χ0v) is 7.84. The minimum Gasteiger partial charge on any atom is -0.214 e. The van der Waals surface area contributed by atoms with Gasteiger partial charge in [0.15, 0.2) is 0 Å². The van der Waals surface area contributed by atoms with E-state index in [1.54, 1.807) is 0 Å². The van der Waals surface area contributed by atoms with Crippen molar-refractivity contribution in [3.8, 4) is 0 Å². The molecule has 0 heterocycles. The van der Waals surface area contributed by atoms with Crippen LogP contribution in [0.15, 0.2) is 34.3 Å². The Bertz CT molecular complexity index is 480. The number of alkyl halides is 3. The van der Waals surface area contributed by atoms with Gasteiger partial charge in [-0.3, -0.25) is 0 Å². The molecule has 0 bridgehead atoms. The quantitative estimate of drug-likeness (QED) is 0.744. The third-order valence-corrected chi connectivity index (χ3v) is 3.02. The fourth-order valence-electron chi connectivity index (χ4n) is 0.841. The van der Waals surface area contributed by atoms with E-state index in [0.29, 0.717) is 6.07 Å². The average Bonchev–Trinajstić information content (AvgIpc) is 2.16. The molecule has 0 fully saturated rings. The lowest BCUT2D eigenvalue weighted by molar-refractivity contribution is -0.0435. The van der Waals surface area contributed by atoms with E-state index in [0.717, 1.165) is 18.2 Å². The molecule has 0 N–H and O–H groups in total. The summed E-state index contributed by atoms with van der Waals surface area (Å²) in [5.74, 6) is 0. The van der Waals surface area contributed by atoms with E-state index in [4.69, 9.17) is 0 Å². The van der Waals surface area contributed by atoms with Gasteiger partial charge in [-0.2, -0.15) is 13.2 Å². The largest absolute Gasteiger partial charge is 0.501 e. The van der Waals surface area contributed by atoms with Gasteiger partial charge in [0.1, 0.15) is 5.69 Å². The second-order valence-corrected chi connectivity index (χ2v) is 4.48. The maximum atomic E-state index is 12.1. The predicted octanol–water partition coefficient (Wildman–Crippen LogP) is 2.38. The van der Waals surface area contributed by atoms with Crippen molar-refractivity contribution in [3.63, 3.8) is 0 Å². The number of sulfone groups is 1. The van der Waals surface area contributed by atoms with E-state index in [1.165, 1.54) is 0 Å². The summed E-state index contributed by atoms with van der Waals surface area (Å²) in [6, 6.07) is 3.42. The first-order valence-electron chi connectivity index (χ1n) is 3.54. The van der Waals surface area contributed by atoms with Crippen LogP contribution in [0.4, 0.5) is 18.9 Å². The van der Waals surface area contributed by atoms with Crippen molar-refractivity contribution < 1.29 is 21.6 Å². The number of nitrogens with zero attached hydrogens (tertiary/aromatic N) is 1. The summed E-state index contributed by atoms with van der Waals surface area (Å²) in [6.45, 7) is 0. The van der Waals surface area contributed by atoms with Crippen LogP contribution in [0.2, 0.25) is 0 Å². The molecule has 0 spiro atoms. The number of benzene rings is 1. The van der Waals surface area contributed by atoms with Crippen LogP contribution in [0.1, 0.15) is 0 Å². The molecule has 1 aromatic carbocycles. The minimum absolute atomic E-state index is 0.375. The molecule has 0 aliphatic carbocycles. The fourth-order valence-corrected chi connectivity index (χ4v) is 1.64. The molecule has 0 aromatic heterocycles. The molecular weight excluding hydrogens is 235 g/mol. The molecule has 1 rings (SSSR count). The number of hydrogen-bond donors (Lipinski definition) is 0. The zero-order valence-electron chi connectivity index (χ0n) is 7.02. The van der Waals surface area contributed by atoms with Crippen LogP contribution in [0.3, 0.4) is 0 Å². The maximum absolute atomic E-state index is 12.1. The van der Waals surface area contributed by atoms with E-state index in [-0.39, 0.29) is 5.69 Å². The van der Waals surface area contributed by atoms with Gasteiger partial charge in [0, 0.05) is 0 Å². The number of rotatable bonds is 2. The van der Waals surface area contributed by atoms with Crippen LogP contribution in [0.25, 0.3) is 0 Å². The van der Waals surface area contributed by atoms with Gasteiger partial charge < -0.3 is 0 Å². The monoisotopic (exact) mass is 239 g/mol. The van der Waals surface area contributed by atoms with Gasteiger partial charge >= 0.3 is 5.51 Å². The number of hydrogen-bond acceptors (Lipinski definition) is 4. The molecule has 0 amide bonds. The highest BCUT2D eigenvalue weighted by molar-refractivity contribution is 7.92. The Kier molecular flexibility index (Phi) is 2.80. The van der Waals surface area contributed by atoms with E-state index < -0.39 is 20.2 Å². The summed E-state index contributed by atoms with van der Waals surface area (Å²) in [5, 5.41) is 2.34. The highest BCUT2D eigenvalue weighted by Crippen LogP contribution is 2.31. The fraction of sp³-hybridized carbons (Fsp3) is 0.143. The number of halogens is 3. The van der Waals surface area contributed by atoms with Gasteiger partial charge in [0.2, 0.25) is 0 Å². The normalized spacial score (nSPS) is 12.5. The van der Waals surface area contributed by atoms with Crippen LogP contribution < -0.4 is 0 Å². The van der Waals surface area contributed by atoms with Gasteiger partial charge in [-0.25, -0.2) is 8.42 Å².